The van der Waals surface area contributed by atoms with Gasteiger partial charge in [0.25, 0.3) is 11.8 Å². The first-order chi connectivity index (χ1) is 16.8. The van der Waals surface area contributed by atoms with Crippen LogP contribution >= 0.6 is 0 Å². The molecule has 0 atom stereocenters. The number of amides is 2. The van der Waals surface area contributed by atoms with E-state index in [-0.39, 0.29) is 55.7 Å². The van der Waals surface area contributed by atoms with E-state index in [0.717, 1.165) is 0 Å². The van der Waals surface area contributed by atoms with Crippen LogP contribution in [0.2, 0.25) is 0 Å². The predicted molar refractivity (Wildman–Crippen MR) is 123 cm³/mol. The van der Waals surface area contributed by atoms with Crippen molar-refractivity contribution in [2.24, 2.45) is 0 Å². The molecule has 0 bridgehead atoms. The van der Waals surface area contributed by atoms with Crippen LogP contribution in [0.4, 0.5) is 26.4 Å². The fourth-order valence-electron chi connectivity index (χ4n) is 3.58. The normalized spacial score (nSPS) is 14.9. The highest BCUT2D eigenvalue weighted by molar-refractivity contribution is 5.98. The van der Waals surface area contributed by atoms with E-state index in [9.17, 15) is 18.4 Å². The Morgan fingerprint density at radius 1 is 1.09 bits per heavy atom. The van der Waals surface area contributed by atoms with Crippen molar-refractivity contribution in [2.75, 3.05) is 42.7 Å². The van der Waals surface area contributed by atoms with Gasteiger partial charge in [0.2, 0.25) is 11.9 Å². The van der Waals surface area contributed by atoms with E-state index in [4.69, 9.17) is 0 Å². The molecule has 2 amide bonds. The van der Waals surface area contributed by atoms with Gasteiger partial charge in [0, 0.05) is 58.6 Å². The first kappa shape index (κ1) is 23.9. The fraction of sp³-hybridized carbons (Fsp3) is 0.381. The average molecular weight is 486 g/mol. The number of nitrogens with one attached hydrogen (secondary N) is 3. The number of hydrogen-bond donors (Lipinski definition) is 3. The minimum Gasteiger partial charge on any atom is -0.371 e. The molecule has 4 heterocycles. The molecule has 35 heavy (non-hydrogen) atoms. The van der Waals surface area contributed by atoms with Gasteiger partial charge < -0.3 is 25.4 Å². The van der Waals surface area contributed by atoms with Crippen molar-refractivity contribution < 1.29 is 18.4 Å². The third kappa shape index (κ3) is 5.47. The Morgan fingerprint density at radius 2 is 1.80 bits per heavy atom. The van der Waals surface area contributed by atoms with Gasteiger partial charge in [0.1, 0.15) is 12.4 Å². The van der Waals surface area contributed by atoms with E-state index in [1.807, 2.05) is 0 Å². The molecule has 3 aromatic heterocycles. The topological polar surface area (TPSA) is 143 Å². The highest BCUT2D eigenvalue weighted by Gasteiger charge is 2.34. The van der Waals surface area contributed by atoms with Gasteiger partial charge in [-0.25, -0.2) is 33.7 Å². The van der Waals surface area contributed by atoms with Gasteiger partial charge in [-0.1, -0.05) is 0 Å². The summed E-state index contributed by atoms with van der Waals surface area (Å²) in [6.45, 7) is 0.195. The van der Waals surface area contributed by atoms with Crippen LogP contribution in [-0.2, 0) is 11.3 Å². The van der Waals surface area contributed by atoms with Gasteiger partial charge in [0.05, 0.1) is 11.9 Å². The Hall–Kier alpha value is -4.23. The zero-order chi connectivity index (χ0) is 25.0. The minimum atomic E-state index is -2.65. The molecule has 0 radical (unpaired) electrons. The maximum atomic E-state index is 13.4. The number of halogens is 2. The summed E-state index contributed by atoms with van der Waals surface area (Å²) in [6, 6.07) is 1.52. The molecule has 1 saturated heterocycles. The molecule has 12 nitrogen and oxygen atoms in total. The van der Waals surface area contributed by atoms with Crippen LogP contribution in [0.1, 0.15) is 23.3 Å². The van der Waals surface area contributed by atoms with Gasteiger partial charge in [-0.2, -0.15) is 0 Å². The quantitative estimate of drug-likeness (QED) is 0.452. The SMILES string of the molecule is CNC(=O)c1c(NC)ncn1CC(=O)Nc1ccnc(-c2cnc(N3CCC(F)(F)CC3)nc2)n1. The van der Waals surface area contributed by atoms with Crippen molar-refractivity contribution in [3.05, 3.63) is 36.7 Å². The van der Waals surface area contributed by atoms with Crippen molar-refractivity contribution in [3.8, 4) is 11.4 Å². The maximum Gasteiger partial charge on any atom is 0.271 e. The lowest BCUT2D eigenvalue weighted by Gasteiger charge is -2.31. The molecule has 0 saturated carbocycles. The molecule has 1 fully saturated rings. The molecule has 1 aliphatic heterocycles. The third-order valence-electron chi connectivity index (χ3n) is 5.43. The number of carbonyl (C=O) groups excluding carboxylic acids is 2. The van der Waals surface area contributed by atoms with E-state index < -0.39 is 11.8 Å². The van der Waals surface area contributed by atoms with Crippen molar-refractivity contribution >= 4 is 29.4 Å². The molecule has 0 aliphatic carbocycles. The number of anilines is 3. The molecule has 3 N–H and O–H groups in total. The summed E-state index contributed by atoms with van der Waals surface area (Å²) in [5.74, 6) is -2.21. The predicted octanol–water partition coefficient (Wildman–Crippen LogP) is 1.41. The first-order valence-corrected chi connectivity index (χ1v) is 10.8. The molecular formula is C21H24F2N10O2. The molecular weight excluding hydrogens is 462 g/mol. The van der Waals surface area contributed by atoms with Crippen LogP contribution in [-0.4, -0.2) is 74.4 Å². The highest BCUT2D eigenvalue weighted by atomic mass is 19.3. The second-order valence-electron chi connectivity index (χ2n) is 7.83. The third-order valence-corrected chi connectivity index (χ3v) is 5.43. The van der Waals surface area contributed by atoms with E-state index in [1.165, 1.54) is 42.6 Å². The number of aromatic nitrogens is 6. The number of piperidine rings is 1. The van der Waals surface area contributed by atoms with Gasteiger partial charge in [0.15, 0.2) is 17.3 Å². The fourth-order valence-corrected chi connectivity index (χ4v) is 3.58. The van der Waals surface area contributed by atoms with Gasteiger partial charge in [-0.15, -0.1) is 0 Å². The second kappa shape index (κ2) is 9.95. The minimum absolute atomic E-state index is 0.163. The van der Waals surface area contributed by atoms with Crippen LogP contribution in [0.5, 0.6) is 0 Å². The van der Waals surface area contributed by atoms with Crippen LogP contribution in [0.25, 0.3) is 11.4 Å². The standard InChI is InChI=1S/C21H24F2N10O2/c1-24-18-16(19(35)25-2)33(12-29-18)11-15(34)30-14-3-6-26-17(31-14)13-9-27-20(28-10-13)32-7-4-21(22,23)5-8-32/h3,6,9-10,12,24H,4-5,7-8,11H2,1-2H3,(H,25,35)(H,26,30,31,34). The molecule has 14 heteroatoms. The Balaban J connectivity index is 1.43. The highest BCUT2D eigenvalue weighted by Crippen LogP contribution is 2.29. The van der Waals surface area contributed by atoms with E-state index in [1.54, 1.807) is 11.9 Å². The number of hydrogen-bond acceptors (Lipinski definition) is 9. The monoisotopic (exact) mass is 486 g/mol. The van der Waals surface area contributed by atoms with E-state index in [2.05, 4.69) is 40.9 Å². The Labute approximate surface area is 199 Å². The Morgan fingerprint density at radius 3 is 2.46 bits per heavy atom. The zero-order valence-corrected chi connectivity index (χ0v) is 19.1. The van der Waals surface area contributed by atoms with Gasteiger partial charge in [-0.3, -0.25) is 9.59 Å². The number of imidazole rings is 1. The number of carbonyl (C=O) groups is 2. The largest absolute Gasteiger partial charge is 0.371 e. The molecule has 184 valence electrons. The van der Waals surface area contributed by atoms with Crippen molar-refractivity contribution in [2.45, 2.75) is 25.3 Å². The van der Waals surface area contributed by atoms with Crippen LogP contribution < -0.4 is 20.9 Å². The van der Waals surface area contributed by atoms with Crippen molar-refractivity contribution in [1.82, 2.24) is 34.8 Å². The van der Waals surface area contributed by atoms with E-state index >= 15 is 0 Å². The van der Waals surface area contributed by atoms with E-state index in [0.29, 0.717) is 17.3 Å². The lowest BCUT2D eigenvalue weighted by atomic mass is 10.1. The Bertz CT molecular complexity index is 1210. The number of alkyl halides is 2. The first-order valence-electron chi connectivity index (χ1n) is 10.8. The van der Waals surface area contributed by atoms with Crippen LogP contribution in [0, 0.1) is 0 Å². The summed E-state index contributed by atoms with van der Waals surface area (Å²) in [4.78, 5) is 47.6. The molecule has 3 aromatic rings. The average Bonchev–Trinajstić information content (AvgIpc) is 3.26. The summed E-state index contributed by atoms with van der Waals surface area (Å²) < 4.78 is 28.2. The molecule has 0 aromatic carbocycles. The second-order valence-corrected chi connectivity index (χ2v) is 7.83. The van der Waals surface area contributed by atoms with Gasteiger partial charge in [-0.05, 0) is 6.07 Å². The maximum absolute atomic E-state index is 13.4. The van der Waals surface area contributed by atoms with Crippen molar-refractivity contribution in [3.63, 3.8) is 0 Å². The summed E-state index contributed by atoms with van der Waals surface area (Å²) in [7, 11) is 3.12. The summed E-state index contributed by atoms with van der Waals surface area (Å²) >= 11 is 0. The molecule has 1 aliphatic rings. The zero-order valence-electron chi connectivity index (χ0n) is 19.1. The summed E-state index contributed by atoms with van der Waals surface area (Å²) in [5.41, 5.74) is 0.727. The summed E-state index contributed by atoms with van der Waals surface area (Å²) in [5, 5.41) is 8.01. The van der Waals surface area contributed by atoms with Crippen LogP contribution in [0.15, 0.2) is 31.0 Å². The molecule has 4 rings (SSSR count). The van der Waals surface area contributed by atoms with Crippen molar-refractivity contribution in [1.29, 1.82) is 0 Å². The molecule has 0 unspecified atom stereocenters. The van der Waals surface area contributed by atoms with Crippen LogP contribution in [0.3, 0.4) is 0 Å². The number of nitrogens with zero attached hydrogens (tertiary/aromatic N) is 7. The smallest absolute Gasteiger partial charge is 0.271 e. The molecule has 0 spiro atoms. The summed E-state index contributed by atoms with van der Waals surface area (Å²) in [6.07, 6.45) is 5.42. The lowest BCUT2D eigenvalue weighted by molar-refractivity contribution is -0.116. The Kier molecular flexibility index (Phi) is 6.80. The van der Waals surface area contributed by atoms with Gasteiger partial charge >= 0.3 is 0 Å². The lowest BCUT2D eigenvalue weighted by Crippen LogP contribution is -2.40. The number of rotatable bonds is 7.